The molecular formula is C12H22N2O3S. The van der Waals surface area contributed by atoms with E-state index < -0.39 is 10.0 Å². The Morgan fingerprint density at radius 2 is 1.83 bits per heavy atom. The molecule has 0 saturated carbocycles. The SMILES string of the molecule is CNCc1c(C)oc(C)c1S(=O)(=O)N(C)C(C)C. The van der Waals surface area contributed by atoms with Gasteiger partial charge in [0.05, 0.1) is 0 Å². The molecule has 1 aromatic heterocycles. The number of rotatable bonds is 5. The second-order valence-electron chi connectivity index (χ2n) is 4.67. The van der Waals surface area contributed by atoms with Gasteiger partial charge >= 0.3 is 0 Å². The second kappa shape index (κ2) is 5.42. The van der Waals surface area contributed by atoms with Crippen LogP contribution in [0.15, 0.2) is 9.31 Å². The largest absolute Gasteiger partial charge is 0.465 e. The van der Waals surface area contributed by atoms with Gasteiger partial charge in [-0.2, -0.15) is 4.31 Å². The third kappa shape index (κ3) is 2.60. The van der Waals surface area contributed by atoms with Crippen molar-refractivity contribution in [2.75, 3.05) is 14.1 Å². The molecule has 1 heterocycles. The average molecular weight is 274 g/mol. The van der Waals surface area contributed by atoms with E-state index in [-0.39, 0.29) is 6.04 Å². The fourth-order valence-electron chi connectivity index (χ4n) is 1.85. The monoisotopic (exact) mass is 274 g/mol. The van der Waals surface area contributed by atoms with Crippen molar-refractivity contribution in [3.63, 3.8) is 0 Å². The van der Waals surface area contributed by atoms with E-state index in [0.717, 1.165) is 0 Å². The summed E-state index contributed by atoms with van der Waals surface area (Å²) in [7, 11) is -0.131. The van der Waals surface area contributed by atoms with Crippen LogP contribution in [0, 0.1) is 13.8 Å². The molecule has 18 heavy (non-hydrogen) atoms. The predicted octanol–water partition coefficient (Wildman–Crippen LogP) is 1.64. The summed E-state index contributed by atoms with van der Waals surface area (Å²) in [5, 5.41) is 2.98. The summed E-state index contributed by atoms with van der Waals surface area (Å²) in [6, 6.07) is -0.0907. The van der Waals surface area contributed by atoms with Crippen LogP contribution >= 0.6 is 0 Å². The van der Waals surface area contributed by atoms with Crippen molar-refractivity contribution in [2.45, 2.75) is 45.2 Å². The van der Waals surface area contributed by atoms with E-state index in [4.69, 9.17) is 4.42 Å². The van der Waals surface area contributed by atoms with Gasteiger partial charge in [-0.05, 0) is 34.7 Å². The van der Waals surface area contributed by atoms with E-state index >= 15 is 0 Å². The molecule has 0 unspecified atom stereocenters. The lowest BCUT2D eigenvalue weighted by Gasteiger charge is -2.21. The van der Waals surface area contributed by atoms with Gasteiger partial charge in [0, 0.05) is 25.2 Å². The van der Waals surface area contributed by atoms with Crippen LogP contribution in [-0.4, -0.2) is 32.9 Å². The molecule has 5 nitrogen and oxygen atoms in total. The first-order chi connectivity index (χ1) is 8.23. The molecule has 0 saturated heterocycles. The van der Waals surface area contributed by atoms with Crippen LogP contribution in [0.3, 0.4) is 0 Å². The van der Waals surface area contributed by atoms with E-state index in [0.29, 0.717) is 28.5 Å². The second-order valence-corrected chi connectivity index (χ2v) is 6.60. The van der Waals surface area contributed by atoms with Crippen LogP contribution in [0.5, 0.6) is 0 Å². The first kappa shape index (κ1) is 15.2. The van der Waals surface area contributed by atoms with E-state index in [1.807, 2.05) is 13.8 Å². The molecule has 1 N–H and O–H groups in total. The van der Waals surface area contributed by atoms with Gasteiger partial charge in [0.15, 0.2) is 0 Å². The quantitative estimate of drug-likeness (QED) is 0.886. The number of hydrogen-bond donors (Lipinski definition) is 1. The lowest BCUT2D eigenvalue weighted by Crippen LogP contribution is -2.34. The summed E-state index contributed by atoms with van der Waals surface area (Å²) in [6.07, 6.45) is 0. The van der Waals surface area contributed by atoms with Gasteiger partial charge in [-0.25, -0.2) is 8.42 Å². The average Bonchev–Trinajstić information content (AvgIpc) is 2.53. The summed E-state index contributed by atoms with van der Waals surface area (Å²) in [4.78, 5) is 0.297. The molecule has 6 heteroatoms. The number of nitrogens with zero attached hydrogens (tertiary/aromatic N) is 1. The van der Waals surface area contributed by atoms with Crippen molar-refractivity contribution in [1.29, 1.82) is 0 Å². The molecule has 0 spiro atoms. The normalized spacial score (nSPS) is 12.7. The Hall–Kier alpha value is -0.850. The number of nitrogens with one attached hydrogen (secondary N) is 1. The Bertz CT molecular complexity index is 518. The number of furan rings is 1. The maximum atomic E-state index is 12.5. The van der Waals surface area contributed by atoms with Gasteiger partial charge in [-0.1, -0.05) is 0 Å². The first-order valence-electron chi connectivity index (χ1n) is 5.95. The fraction of sp³-hybridized carbons (Fsp3) is 0.667. The molecule has 1 aromatic rings. The zero-order valence-electron chi connectivity index (χ0n) is 11.9. The maximum Gasteiger partial charge on any atom is 0.246 e. The first-order valence-corrected chi connectivity index (χ1v) is 7.39. The molecule has 0 radical (unpaired) electrons. The lowest BCUT2D eigenvalue weighted by molar-refractivity contribution is 0.408. The van der Waals surface area contributed by atoms with Gasteiger partial charge in [0.2, 0.25) is 10.0 Å². The van der Waals surface area contributed by atoms with Gasteiger partial charge < -0.3 is 9.73 Å². The maximum absolute atomic E-state index is 12.5. The van der Waals surface area contributed by atoms with Gasteiger partial charge in [-0.3, -0.25) is 0 Å². The topological polar surface area (TPSA) is 62.6 Å². The number of sulfonamides is 1. The van der Waals surface area contributed by atoms with Crippen LogP contribution in [0.1, 0.15) is 30.9 Å². The molecule has 0 atom stereocenters. The molecule has 0 aromatic carbocycles. The molecule has 0 fully saturated rings. The van der Waals surface area contributed by atoms with Crippen LogP contribution < -0.4 is 5.32 Å². The highest BCUT2D eigenvalue weighted by atomic mass is 32.2. The molecular weight excluding hydrogens is 252 g/mol. The molecule has 0 aliphatic heterocycles. The molecule has 0 aliphatic rings. The van der Waals surface area contributed by atoms with Gasteiger partial charge in [-0.15, -0.1) is 0 Å². The number of aryl methyl sites for hydroxylation is 2. The van der Waals surface area contributed by atoms with Gasteiger partial charge in [0.25, 0.3) is 0 Å². The van der Waals surface area contributed by atoms with Crippen molar-refractivity contribution >= 4 is 10.0 Å². The summed E-state index contributed by atoms with van der Waals surface area (Å²) in [5.41, 5.74) is 0.711. The highest BCUT2D eigenvalue weighted by molar-refractivity contribution is 7.89. The highest BCUT2D eigenvalue weighted by Gasteiger charge is 2.31. The van der Waals surface area contributed by atoms with Crippen molar-refractivity contribution in [3.05, 3.63) is 17.1 Å². The third-order valence-corrected chi connectivity index (χ3v) is 5.27. The number of hydrogen-bond acceptors (Lipinski definition) is 4. The van der Waals surface area contributed by atoms with Crippen LogP contribution in [-0.2, 0) is 16.6 Å². The van der Waals surface area contributed by atoms with Crippen molar-refractivity contribution < 1.29 is 12.8 Å². The van der Waals surface area contributed by atoms with E-state index in [9.17, 15) is 8.42 Å². The van der Waals surface area contributed by atoms with Crippen molar-refractivity contribution in [2.24, 2.45) is 0 Å². The van der Waals surface area contributed by atoms with Crippen molar-refractivity contribution in [3.8, 4) is 0 Å². The van der Waals surface area contributed by atoms with Gasteiger partial charge in [0.1, 0.15) is 16.4 Å². The standard InChI is InChI=1S/C12H22N2O3S/c1-8(2)14(6)18(15,16)12-10(4)17-9(3)11(12)7-13-5/h8,13H,7H2,1-6H3. The Labute approximate surface area is 109 Å². The minimum absolute atomic E-state index is 0.0907. The summed E-state index contributed by atoms with van der Waals surface area (Å²) in [6.45, 7) is 7.64. The van der Waals surface area contributed by atoms with Crippen LogP contribution in [0.2, 0.25) is 0 Å². The predicted molar refractivity (Wildman–Crippen MR) is 71.0 cm³/mol. The fourth-order valence-corrected chi connectivity index (χ4v) is 3.63. The van der Waals surface area contributed by atoms with Crippen LogP contribution in [0.4, 0.5) is 0 Å². The Morgan fingerprint density at radius 1 is 1.28 bits per heavy atom. The Balaban J connectivity index is 3.41. The van der Waals surface area contributed by atoms with E-state index in [1.165, 1.54) is 4.31 Å². The van der Waals surface area contributed by atoms with Crippen molar-refractivity contribution in [1.82, 2.24) is 9.62 Å². The Kier molecular flexibility index (Phi) is 4.58. The molecule has 1 rings (SSSR count). The highest BCUT2D eigenvalue weighted by Crippen LogP contribution is 2.29. The minimum atomic E-state index is -3.50. The Morgan fingerprint density at radius 3 is 2.28 bits per heavy atom. The lowest BCUT2D eigenvalue weighted by atomic mass is 10.2. The molecule has 104 valence electrons. The van der Waals surface area contributed by atoms with E-state index in [2.05, 4.69) is 5.32 Å². The molecule has 0 amide bonds. The zero-order chi connectivity index (χ0) is 14.1. The zero-order valence-corrected chi connectivity index (χ0v) is 12.7. The minimum Gasteiger partial charge on any atom is -0.465 e. The summed E-state index contributed by atoms with van der Waals surface area (Å²) < 4.78 is 31.9. The molecule has 0 bridgehead atoms. The summed E-state index contributed by atoms with van der Waals surface area (Å²) in [5.74, 6) is 1.10. The van der Waals surface area contributed by atoms with E-state index in [1.54, 1.807) is 27.9 Å². The smallest absolute Gasteiger partial charge is 0.246 e. The third-order valence-electron chi connectivity index (χ3n) is 3.04. The summed E-state index contributed by atoms with van der Waals surface area (Å²) >= 11 is 0. The van der Waals surface area contributed by atoms with Crippen LogP contribution in [0.25, 0.3) is 0 Å². The molecule has 0 aliphatic carbocycles.